The van der Waals surface area contributed by atoms with Gasteiger partial charge in [-0.1, -0.05) is 0 Å². The minimum atomic E-state index is -0.348. The third-order valence-electron chi connectivity index (χ3n) is 3.55. The fraction of sp³-hybridized carbons (Fsp3) is 0.600. The Hall–Kier alpha value is -1.66. The summed E-state index contributed by atoms with van der Waals surface area (Å²) in [6.07, 6.45) is 1.06. The van der Waals surface area contributed by atoms with Crippen molar-refractivity contribution in [2.24, 2.45) is 0 Å². The van der Waals surface area contributed by atoms with Gasteiger partial charge in [0.1, 0.15) is 5.82 Å². The quantitative estimate of drug-likeness (QED) is 0.630. The van der Waals surface area contributed by atoms with Crippen LogP contribution in [0, 0.1) is 6.92 Å². The molecule has 1 aliphatic heterocycles. The van der Waals surface area contributed by atoms with Gasteiger partial charge in [0, 0.05) is 19.6 Å². The van der Waals surface area contributed by atoms with Crippen LogP contribution in [0.15, 0.2) is 12.1 Å². The summed E-state index contributed by atoms with van der Waals surface area (Å²) in [5.41, 5.74) is 1.19. The van der Waals surface area contributed by atoms with Gasteiger partial charge in [0.25, 0.3) is 0 Å². The number of esters is 1. The molecule has 0 aromatic carbocycles. The molecule has 1 aromatic heterocycles. The Morgan fingerprint density at radius 2 is 2.19 bits per heavy atom. The zero-order valence-corrected chi connectivity index (χ0v) is 12.7. The molecular formula is C15H23N3O3. The van der Waals surface area contributed by atoms with Gasteiger partial charge in [0.2, 0.25) is 0 Å². The van der Waals surface area contributed by atoms with E-state index in [1.807, 2.05) is 13.0 Å². The van der Waals surface area contributed by atoms with Crippen molar-refractivity contribution in [1.29, 1.82) is 0 Å². The number of morpholine rings is 1. The maximum Gasteiger partial charge on any atom is 0.339 e. The number of pyridine rings is 1. The van der Waals surface area contributed by atoms with Crippen LogP contribution in [0.25, 0.3) is 0 Å². The Morgan fingerprint density at radius 3 is 2.86 bits per heavy atom. The molecule has 0 spiro atoms. The topological polar surface area (TPSA) is 63.7 Å². The maximum atomic E-state index is 11.5. The van der Waals surface area contributed by atoms with Crippen molar-refractivity contribution in [1.82, 2.24) is 9.88 Å². The Morgan fingerprint density at radius 1 is 1.43 bits per heavy atom. The lowest BCUT2D eigenvalue weighted by Crippen LogP contribution is -2.37. The van der Waals surface area contributed by atoms with Crippen molar-refractivity contribution in [3.63, 3.8) is 0 Å². The minimum absolute atomic E-state index is 0.348. The highest BCUT2D eigenvalue weighted by Gasteiger charge is 2.11. The summed E-state index contributed by atoms with van der Waals surface area (Å²) in [6.45, 7) is 7.45. The first-order valence-corrected chi connectivity index (χ1v) is 7.30. The molecule has 0 saturated carbocycles. The molecule has 0 aliphatic carbocycles. The molecule has 1 aliphatic rings. The predicted octanol–water partition coefficient (Wildman–Crippen LogP) is 1.31. The van der Waals surface area contributed by atoms with Crippen LogP contribution in [0.1, 0.15) is 22.5 Å². The van der Waals surface area contributed by atoms with E-state index in [4.69, 9.17) is 9.47 Å². The number of ether oxygens (including phenoxy) is 2. The smallest absolute Gasteiger partial charge is 0.339 e. The molecule has 6 heteroatoms. The SMILES string of the molecule is COC(=O)c1ccc(NCCCN2CCOCC2)nc1C. The summed E-state index contributed by atoms with van der Waals surface area (Å²) >= 11 is 0. The largest absolute Gasteiger partial charge is 0.465 e. The molecule has 21 heavy (non-hydrogen) atoms. The normalized spacial score (nSPS) is 15.7. The van der Waals surface area contributed by atoms with E-state index < -0.39 is 0 Å². The molecule has 0 radical (unpaired) electrons. The number of hydrogen-bond acceptors (Lipinski definition) is 6. The van der Waals surface area contributed by atoms with Crippen LogP contribution >= 0.6 is 0 Å². The number of methoxy groups -OCH3 is 1. The van der Waals surface area contributed by atoms with Crippen LogP contribution in [0.3, 0.4) is 0 Å². The monoisotopic (exact) mass is 293 g/mol. The number of hydrogen-bond donors (Lipinski definition) is 1. The molecular weight excluding hydrogens is 270 g/mol. The van der Waals surface area contributed by atoms with Crippen molar-refractivity contribution in [2.75, 3.05) is 51.8 Å². The van der Waals surface area contributed by atoms with Gasteiger partial charge in [-0.15, -0.1) is 0 Å². The maximum absolute atomic E-state index is 11.5. The van der Waals surface area contributed by atoms with Crippen molar-refractivity contribution >= 4 is 11.8 Å². The lowest BCUT2D eigenvalue weighted by atomic mass is 10.2. The van der Waals surface area contributed by atoms with Crippen molar-refractivity contribution in [3.05, 3.63) is 23.4 Å². The Kier molecular flexibility index (Phi) is 5.95. The van der Waals surface area contributed by atoms with E-state index in [1.165, 1.54) is 7.11 Å². The number of carbonyl (C=O) groups excluding carboxylic acids is 1. The molecule has 1 N–H and O–H groups in total. The Bertz CT molecular complexity index is 473. The number of nitrogens with one attached hydrogen (secondary N) is 1. The number of rotatable bonds is 6. The summed E-state index contributed by atoms with van der Waals surface area (Å²) < 4.78 is 10.0. The first-order chi connectivity index (χ1) is 10.2. The second kappa shape index (κ2) is 7.95. The number of anilines is 1. The Balaban J connectivity index is 1.75. The molecule has 1 saturated heterocycles. The second-order valence-electron chi connectivity index (χ2n) is 5.06. The van der Waals surface area contributed by atoms with E-state index in [0.717, 1.165) is 51.6 Å². The van der Waals surface area contributed by atoms with E-state index in [9.17, 15) is 4.79 Å². The van der Waals surface area contributed by atoms with Crippen LogP contribution in [0.5, 0.6) is 0 Å². The van der Waals surface area contributed by atoms with Gasteiger partial charge in [-0.25, -0.2) is 9.78 Å². The summed E-state index contributed by atoms with van der Waals surface area (Å²) in [7, 11) is 1.37. The lowest BCUT2D eigenvalue weighted by Gasteiger charge is -2.26. The highest BCUT2D eigenvalue weighted by Crippen LogP contribution is 2.11. The Labute approximate surface area is 125 Å². The van der Waals surface area contributed by atoms with Crippen LogP contribution < -0.4 is 5.32 Å². The first-order valence-electron chi connectivity index (χ1n) is 7.30. The fourth-order valence-corrected chi connectivity index (χ4v) is 2.33. The minimum Gasteiger partial charge on any atom is -0.465 e. The molecule has 2 heterocycles. The van der Waals surface area contributed by atoms with Crippen molar-refractivity contribution < 1.29 is 14.3 Å². The molecule has 0 amide bonds. The van der Waals surface area contributed by atoms with E-state index in [1.54, 1.807) is 6.07 Å². The predicted molar refractivity (Wildman–Crippen MR) is 80.7 cm³/mol. The molecule has 2 rings (SSSR count). The number of carbonyl (C=O) groups is 1. The highest BCUT2D eigenvalue weighted by molar-refractivity contribution is 5.90. The zero-order chi connectivity index (χ0) is 15.1. The van der Waals surface area contributed by atoms with E-state index in [-0.39, 0.29) is 5.97 Å². The molecule has 0 bridgehead atoms. The van der Waals surface area contributed by atoms with Gasteiger partial charge >= 0.3 is 5.97 Å². The average Bonchev–Trinajstić information content (AvgIpc) is 2.52. The molecule has 0 unspecified atom stereocenters. The van der Waals surface area contributed by atoms with Gasteiger partial charge < -0.3 is 14.8 Å². The highest BCUT2D eigenvalue weighted by atomic mass is 16.5. The van der Waals surface area contributed by atoms with Crippen molar-refractivity contribution in [3.8, 4) is 0 Å². The van der Waals surface area contributed by atoms with E-state index >= 15 is 0 Å². The first kappa shape index (κ1) is 15.7. The van der Waals surface area contributed by atoms with Crippen LogP contribution in [0.4, 0.5) is 5.82 Å². The van der Waals surface area contributed by atoms with Crippen LogP contribution in [0.2, 0.25) is 0 Å². The lowest BCUT2D eigenvalue weighted by molar-refractivity contribution is 0.0378. The van der Waals surface area contributed by atoms with Gasteiger partial charge in [0.15, 0.2) is 0 Å². The number of nitrogens with zero attached hydrogens (tertiary/aromatic N) is 2. The number of aromatic nitrogens is 1. The zero-order valence-electron chi connectivity index (χ0n) is 12.7. The summed E-state index contributed by atoms with van der Waals surface area (Å²) in [6, 6.07) is 3.56. The summed E-state index contributed by atoms with van der Waals surface area (Å²) in [5, 5.41) is 3.29. The molecule has 1 aromatic rings. The van der Waals surface area contributed by atoms with Crippen molar-refractivity contribution in [2.45, 2.75) is 13.3 Å². The molecule has 1 fully saturated rings. The number of aryl methyl sites for hydroxylation is 1. The van der Waals surface area contributed by atoms with Gasteiger partial charge in [-0.3, -0.25) is 4.90 Å². The van der Waals surface area contributed by atoms with Gasteiger partial charge in [-0.2, -0.15) is 0 Å². The van der Waals surface area contributed by atoms with Gasteiger partial charge in [0.05, 0.1) is 31.6 Å². The van der Waals surface area contributed by atoms with E-state index in [0.29, 0.717) is 11.3 Å². The summed E-state index contributed by atoms with van der Waals surface area (Å²) in [5.74, 6) is 0.445. The van der Waals surface area contributed by atoms with Gasteiger partial charge in [-0.05, 0) is 32.0 Å². The third-order valence-corrected chi connectivity index (χ3v) is 3.55. The summed E-state index contributed by atoms with van der Waals surface area (Å²) in [4.78, 5) is 18.3. The fourth-order valence-electron chi connectivity index (χ4n) is 2.33. The molecule has 6 nitrogen and oxygen atoms in total. The van der Waals surface area contributed by atoms with Crippen LogP contribution in [-0.4, -0.2) is 62.4 Å². The second-order valence-corrected chi connectivity index (χ2v) is 5.06. The van der Waals surface area contributed by atoms with E-state index in [2.05, 4.69) is 15.2 Å². The third kappa shape index (κ3) is 4.68. The molecule has 116 valence electrons. The average molecular weight is 293 g/mol. The molecule has 0 atom stereocenters. The van der Waals surface area contributed by atoms with Crippen LogP contribution in [-0.2, 0) is 9.47 Å². The standard InChI is InChI=1S/C15H23N3O3/c1-12-13(15(19)20-2)4-5-14(17-12)16-6-3-7-18-8-10-21-11-9-18/h4-5H,3,6-11H2,1-2H3,(H,16,17).